The van der Waals surface area contributed by atoms with Crippen LogP contribution in [0.25, 0.3) is 0 Å². The minimum Gasteiger partial charge on any atom is -0.459 e. The molecular formula is C36H42O10. The van der Waals surface area contributed by atoms with Gasteiger partial charge in [0.15, 0.2) is 17.5 Å². The van der Waals surface area contributed by atoms with Crippen LogP contribution in [-0.4, -0.2) is 75.1 Å². The number of Topliss-reactive ketones (excluding diaryl/α,β-unsaturated/α-hetero) is 1. The Morgan fingerprint density at radius 1 is 0.848 bits per heavy atom. The normalized spacial score (nSPS) is 38.0. The Labute approximate surface area is 268 Å². The van der Waals surface area contributed by atoms with Gasteiger partial charge in [-0.25, -0.2) is 9.59 Å². The molecule has 3 aliphatic rings. The highest BCUT2D eigenvalue weighted by Crippen LogP contribution is 2.67. The molecule has 0 unspecified atom stereocenters. The molecule has 246 valence electrons. The van der Waals surface area contributed by atoms with Crippen molar-refractivity contribution in [1.29, 1.82) is 0 Å². The quantitative estimate of drug-likeness (QED) is 0.243. The molecular weight excluding hydrogens is 592 g/mol. The van der Waals surface area contributed by atoms with Crippen molar-refractivity contribution < 1.29 is 48.7 Å². The van der Waals surface area contributed by atoms with E-state index < -0.39 is 87.9 Å². The van der Waals surface area contributed by atoms with Crippen molar-refractivity contribution in [3.63, 3.8) is 0 Å². The number of benzene rings is 2. The van der Waals surface area contributed by atoms with E-state index in [1.165, 1.54) is 18.2 Å². The van der Waals surface area contributed by atoms with Crippen LogP contribution < -0.4 is 0 Å². The van der Waals surface area contributed by atoms with Gasteiger partial charge in [0.05, 0.1) is 28.7 Å². The van der Waals surface area contributed by atoms with E-state index in [0.29, 0.717) is 0 Å². The number of rotatable bonds is 6. The van der Waals surface area contributed by atoms with Crippen LogP contribution in [-0.2, 0) is 23.8 Å². The first kappa shape index (κ1) is 33.5. The number of carbonyl (C=O) groups excluding carboxylic acids is 4. The third-order valence-electron chi connectivity index (χ3n) is 10.9. The monoisotopic (exact) mass is 634 g/mol. The lowest BCUT2D eigenvalue weighted by Crippen LogP contribution is -2.80. The first-order chi connectivity index (χ1) is 21.5. The van der Waals surface area contributed by atoms with Crippen molar-refractivity contribution in [2.75, 3.05) is 0 Å². The van der Waals surface area contributed by atoms with Crippen LogP contribution in [0, 0.1) is 28.1 Å². The molecule has 0 radical (unpaired) electrons. The van der Waals surface area contributed by atoms with Gasteiger partial charge >= 0.3 is 17.9 Å². The fraction of sp³-hybridized carbons (Fsp3) is 0.500. The molecule has 3 aliphatic carbocycles. The average Bonchev–Trinajstić information content (AvgIpc) is 3.03. The summed E-state index contributed by atoms with van der Waals surface area (Å²) < 4.78 is 17.6. The number of esters is 3. The number of carbonyl (C=O) groups is 4. The predicted octanol–water partition coefficient (Wildman–Crippen LogP) is 3.67. The first-order valence-corrected chi connectivity index (χ1v) is 15.5. The van der Waals surface area contributed by atoms with E-state index in [4.69, 9.17) is 14.2 Å². The van der Waals surface area contributed by atoms with Gasteiger partial charge in [-0.3, -0.25) is 9.59 Å². The molecule has 0 spiro atoms. The van der Waals surface area contributed by atoms with E-state index in [1.54, 1.807) is 76.2 Å². The summed E-state index contributed by atoms with van der Waals surface area (Å²) in [6.07, 6.45) is -6.02. The minimum atomic E-state index is -2.47. The van der Waals surface area contributed by atoms with Gasteiger partial charge in [0.25, 0.3) is 0 Å². The molecule has 0 heterocycles. The van der Waals surface area contributed by atoms with Gasteiger partial charge in [0.2, 0.25) is 0 Å². The summed E-state index contributed by atoms with van der Waals surface area (Å²) in [4.78, 5) is 53.7. The van der Waals surface area contributed by atoms with E-state index in [2.05, 4.69) is 6.58 Å². The predicted molar refractivity (Wildman–Crippen MR) is 165 cm³/mol. The van der Waals surface area contributed by atoms with Crippen molar-refractivity contribution in [2.24, 2.45) is 28.1 Å². The zero-order chi connectivity index (χ0) is 33.8. The fourth-order valence-corrected chi connectivity index (χ4v) is 8.55. The molecule has 3 N–H and O–H groups in total. The van der Waals surface area contributed by atoms with Gasteiger partial charge in [0, 0.05) is 24.7 Å². The van der Waals surface area contributed by atoms with Crippen LogP contribution in [0.5, 0.6) is 0 Å². The third-order valence-corrected chi connectivity index (χ3v) is 10.9. The van der Waals surface area contributed by atoms with Crippen molar-refractivity contribution in [3.8, 4) is 0 Å². The van der Waals surface area contributed by atoms with Crippen LogP contribution in [0.4, 0.5) is 0 Å². The number of hydrogen-bond acceptors (Lipinski definition) is 10. The number of aliphatic hydroxyl groups is 3. The number of ether oxygens (including phenoxy) is 3. The Kier molecular flexibility index (Phi) is 8.55. The summed E-state index contributed by atoms with van der Waals surface area (Å²) in [7, 11) is 0. The Bertz CT molecular complexity index is 1520. The molecule has 0 aliphatic heterocycles. The van der Waals surface area contributed by atoms with E-state index >= 15 is 0 Å². The third kappa shape index (κ3) is 5.07. The molecule has 0 amide bonds. The van der Waals surface area contributed by atoms with Crippen LogP contribution >= 0.6 is 0 Å². The second-order valence-electron chi connectivity index (χ2n) is 14.0. The van der Waals surface area contributed by atoms with Crippen molar-refractivity contribution >= 4 is 23.7 Å². The summed E-state index contributed by atoms with van der Waals surface area (Å²) >= 11 is 0. The number of ketones is 1. The lowest BCUT2D eigenvalue weighted by atomic mass is 9.39. The smallest absolute Gasteiger partial charge is 0.338 e. The molecule has 5 rings (SSSR count). The van der Waals surface area contributed by atoms with E-state index in [-0.39, 0.29) is 24.0 Å². The molecule has 3 fully saturated rings. The molecule has 10 nitrogen and oxygen atoms in total. The highest BCUT2D eigenvalue weighted by Gasteiger charge is 2.77. The highest BCUT2D eigenvalue weighted by atomic mass is 16.6. The Balaban J connectivity index is 1.69. The Morgan fingerprint density at radius 3 is 1.87 bits per heavy atom. The summed E-state index contributed by atoms with van der Waals surface area (Å²) in [5.74, 6) is -5.05. The Morgan fingerprint density at radius 2 is 1.37 bits per heavy atom. The summed E-state index contributed by atoms with van der Waals surface area (Å²) in [6, 6.07) is 16.3. The molecule has 46 heavy (non-hydrogen) atoms. The molecule has 3 saturated carbocycles. The topological polar surface area (TPSA) is 157 Å². The number of allylic oxidation sites excluding steroid dienone is 1. The molecule has 10 heteroatoms. The molecule has 0 bridgehead atoms. The maximum absolute atomic E-state index is 14.5. The van der Waals surface area contributed by atoms with Crippen LogP contribution in [0.15, 0.2) is 73.3 Å². The van der Waals surface area contributed by atoms with Gasteiger partial charge in [-0.05, 0) is 48.9 Å². The zero-order valence-corrected chi connectivity index (χ0v) is 26.7. The van der Waals surface area contributed by atoms with Gasteiger partial charge in [-0.1, -0.05) is 63.2 Å². The van der Waals surface area contributed by atoms with Crippen LogP contribution in [0.1, 0.15) is 68.2 Å². The summed E-state index contributed by atoms with van der Waals surface area (Å²) in [6.45, 7) is 11.7. The van der Waals surface area contributed by atoms with E-state index in [1.807, 2.05) is 0 Å². The number of aliphatic hydroxyl groups excluding tert-OH is 2. The zero-order valence-electron chi connectivity index (χ0n) is 26.7. The largest absolute Gasteiger partial charge is 0.459 e. The summed E-state index contributed by atoms with van der Waals surface area (Å²) in [5.41, 5.74) is -6.12. The molecule has 0 saturated heterocycles. The average molecular weight is 635 g/mol. The molecule has 2 aromatic carbocycles. The van der Waals surface area contributed by atoms with Gasteiger partial charge in [-0.15, -0.1) is 6.58 Å². The number of fused-ring (bicyclic) bond motifs is 3. The fourth-order valence-electron chi connectivity index (χ4n) is 8.55. The molecule has 0 aromatic heterocycles. The molecule has 10 atom stereocenters. The van der Waals surface area contributed by atoms with Crippen molar-refractivity contribution in [3.05, 3.63) is 84.4 Å². The highest BCUT2D eigenvalue weighted by molar-refractivity contribution is 5.97. The second kappa shape index (κ2) is 11.7. The van der Waals surface area contributed by atoms with Crippen molar-refractivity contribution in [1.82, 2.24) is 0 Å². The van der Waals surface area contributed by atoms with Gasteiger partial charge in [0.1, 0.15) is 12.2 Å². The summed E-state index contributed by atoms with van der Waals surface area (Å²) in [5, 5.41) is 36.7. The Hall–Kier alpha value is -3.86. The second-order valence-corrected chi connectivity index (χ2v) is 14.0. The number of hydrogen-bond donors (Lipinski definition) is 3. The van der Waals surface area contributed by atoms with Crippen molar-refractivity contribution in [2.45, 2.75) is 83.6 Å². The van der Waals surface area contributed by atoms with Crippen LogP contribution in [0.2, 0.25) is 0 Å². The van der Waals surface area contributed by atoms with Gasteiger partial charge in [-0.2, -0.15) is 0 Å². The maximum Gasteiger partial charge on any atom is 0.338 e. The SMILES string of the molecule is C=C[C@]1(C)C[C@@H](OC(=O)c2ccccc2)[C@H]2[C@](O)(C1=O)[C@H](OC(C)=O)C[C@H]1C(C)(C)[C@H](O)[C@H](OC(=O)c3ccccc3)[C@H](O)[C@@]12C. The first-order valence-electron chi connectivity index (χ1n) is 15.5. The maximum atomic E-state index is 14.5. The lowest BCUT2D eigenvalue weighted by molar-refractivity contribution is -0.312. The van der Waals surface area contributed by atoms with E-state index in [0.717, 1.165) is 6.92 Å². The van der Waals surface area contributed by atoms with Gasteiger partial charge < -0.3 is 29.5 Å². The molecule has 2 aromatic rings. The standard InChI is InChI=1S/C36H42O10/c1-7-34(5)19-23(45-30(40)21-14-10-8-11-15-21)27-35(6)24(18-25(44-20(2)37)36(27,43)32(34)42)33(3,4)28(38)26(29(35)39)46-31(41)22-16-12-9-13-17-22/h7-17,23-29,38-39,43H,1,18-19H2,2-6H3/t23-,24+,25-,26+,27-,28-,29+,34-,35+,36+/m1/s1. The minimum absolute atomic E-state index is 0.0971. The van der Waals surface area contributed by atoms with Crippen LogP contribution in [0.3, 0.4) is 0 Å². The van der Waals surface area contributed by atoms with E-state index in [9.17, 15) is 34.5 Å². The lowest BCUT2D eigenvalue weighted by Gasteiger charge is -2.68.